The molecule has 0 radical (unpaired) electrons. The molecule has 2 N–H and O–H groups in total. The Bertz CT molecular complexity index is 363. The van der Waals surface area contributed by atoms with Crippen molar-refractivity contribution in [2.75, 3.05) is 4.31 Å². The van der Waals surface area contributed by atoms with Crippen LogP contribution in [0.1, 0.15) is 5.56 Å². The summed E-state index contributed by atoms with van der Waals surface area (Å²) in [5.74, 6) is 0. The summed E-state index contributed by atoms with van der Waals surface area (Å²) in [5.41, 5.74) is 4.27. The van der Waals surface area contributed by atoms with Crippen LogP contribution in [0.5, 0.6) is 0 Å². The van der Waals surface area contributed by atoms with E-state index in [1.807, 2.05) is 0 Å². The zero-order valence-electron chi connectivity index (χ0n) is 7.32. The third kappa shape index (κ3) is 2.79. The van der Waals surface area contributed by atoms with E-state index in [0.717, 1.165) is 28.6 Å². The topological polar surface area (TPSA) is 46.3 Å². The first kappa shape index (κ1) is 11.7. The summed E-state index contributed by atoms with van der Waals surface area (Å²) in [4.78, 5) is 10.6. The predicted octanol–water partition coefficient (Wildman–Crippen LogP) is 2.44. The number of anilines is 1. The fourth-order valence-corrected chi connectivity index (χ4v) is 1.05. The highest BCUT2D eigenvalue weighted by molar-refractivity contribution is 7.82. The summed E-state index contributed by atoms with van der Waals surface area (Å²) in [6.45, 7) is 0. The molecular formula is C8H7F3N2OS. The highest BCUT2D eigenvalue weighted by Gasteiger charge is 2.30. The van der Waals surface area contributed by atoms with Gasteiger partial charge in [0.2, 0.25) is 0 Å². The molecule has 0 bridgehead atoms. The molecule has 0 saturated heterocycles. The van der Waals surface area contributed by atoms with Crippen LogP contribution in [0.25, 0.3) is 0 Å². The highest BCUT2D eigenvalue weighted by Crippen LogP contribution is 2.30. The molecule has 0 aliphatic heterocycles. The van der Waals surface area contributed by atoms with Crippen molar-refractivity contribution in [2.45, 2.75) is 6.18 Å². The molecule has 1 aromatic rings. The SMILES string of the molecule is NC(=O)N(S)c1ccc(C(F)(F)F)cc1. The van der Waals surface area contributed by atoms with E-state index in [1.165, 1.54) is 0 Å². The van der Waals surface area contributed by atoms with Crippen LogP contribution >= 0.6 is 12.8 Å². The second-order valence-corrected chi connectivity index (χ2v) is 3.09. The maximum Gasteiger partial charge on any atom is 0.416 e. The second-order valence-electron chi connectivity index (χ2n) is 2.69. The second kappa shape index (κ2) is 4.01. The van der Waals surface area contributed by atoms with E-state index in [0.29, 0.717) is 0 Å². The molecule has 0 saturated carbocycles. The first-order chi connectivity index (χ1) is 6.82. The molecule has 0 spiro atoms. The van der Waals surface area contributed by atoms with Gasteiger partial charge in [-0.15, -0.1) is 0 Å². The molecule has 0 fully saturated rings. The van der Waals surface area contributed by atoms with Crippen LogP contribution in [-0.4, -0.2) is 6.03 Å². The molecule has 0 aromatic heterocycles. The van der Waals surface area contributed by atoms with Crippen LogP contribution in [0, 0.1) is 0 Å². The highest BCUT2D eigenvalue weighted by atomic mass is 32.1. The number of benzene rings is 1. The monoisotopic (exact) mass is 236 g/mol. The van der Waals surface area contributed by atoms with Gasteiger partial charge in [0.1, 0.15) is 0 Å². The smallest absolute Gasteiger partial charge is 0.350 e. The Morgan fingerprint density at radius 1 is 1.27 bits per heavy atom. The Morgan fingerprint density at radius 2 is 1.73 bits per heavy atom. The van der Waals surface area contributed by atoms with E-state index < -0.39 is 17.8 Å². The lowest BCUT2D eigenvalue weighted by atomic mass is 10.2. The number of hydrogen-bond acceptors (Lipinski definition) is 2. The van der Waals surface area contributed by atoms with E-state index in [4.69, 9.17) is 5.73 Å². The number of primary amides is 1. The number of nitrogens with two attached hydrogens (primary N) is 1. The number of nitrogens with zero attached hydrogens (tertiary/aromatic N) is 1. The van der Waals surface area contributed by atoms with Crippen molar-refractivity contribution in [3.63, 3.8) is 0 Å². The third-order valence-corrected chi connectivity index (χ3v) is 2.08. The van der Waals surface area contributed by atoms with Crippen molar-refractivity contribution in [2.24, 2.45) is 5.73 Å². The number of hydrogen-bond donors (Lipinski definition) is 2. The van der Waals surface area contributed by atoms with Gasteiger partial charge in [0.25, 0.3) is 0 Å². The Balaban J connectivity index is 2.95. The van der Waals surface area contributed by atoms with Crippen molar-refractivity contribution >= 4 is 24.5 Å². The number of carbonyl (C=O) groups is 1. The van der Waals surface area contributed by atoms with Crippen LogP contribution in [0.3, 0.4) is 0 Å². The fourth-order valence-electron chi connectivity index (χ4n) is 0.919. The summed E-state index contributed by atoms with van der Waals surface area (Å²) in [6, 6.07) is 3.06. The lowest BCUT2D eigenvalue weighted by Gasteiger charge is -2.13. The number of alkyl halides is 3. The van der Waals surface area contributed by atoms with E-state index in [2.05, 4.69) is 12.8 Å². The molecule has 0 unspecified atom stereocenters. The quantitative estimate of drug-likeness (QED) is 0.723. The minimum absolute atomic E-state index is 0.179. The Labute approximate surface area is 89.2 Å². The van der Waals surface area contributed by atoms with Gasteiger partial charge in [-0.05, 0) is 24.3 Å². The number of thiol groups is 1. The van der Waals surface area contributed by atoms with Crippen molar-refractivity contribution < 1.29 is 18.0 Å². The first-order valence-corrected chi connectivity index (χ1v) is 4.18. The van der Waals surface area contributed by atoms with Crippen LogP contribution in [0.2, 0.25) is 0 Å². The molecule has 1 rings (SSSR count). The standard InChI is InChI=1S/C8H7F3N2OS/c9-8(10,11)5-1-3-6(4-2-5)13(15)7(12)14/h1-4,15H,(H2,12,14). The number of carbonyl (C=O) groups excluding carboxylic acids is 1. The van der Waals surface area contributed by atoms with Gasteiger partial charge in [0.15, 0.2) is 0 Å². The van der Waals surface area contributed by atoms with E-state index >= 15 is 0 Å². The molecule has 3 nitrogen and oxygen atoms in total. The number of urea groups is 1. The Hall–Kier alpha value is -1.37. The largest absolute Gasteiger partial charge is 0.416 e. The number of halogens is 3. The summed E-state index contributed by atoms with van der Waals surface area (Å²) < 4.78 is 37.2. The van der Waals surface area contributed by atoms with Crippen LogP contribution in [0.4, 0.5) is 23.7 Å². The van der Waals surface area contributed by atoms with E-state index in [9.17, 15) is 18.0 Å². The maximum absolute atomic E-state index is 12.2. The molecule has 0 heterocycles. The number of amides is 2. The molecule has 2 amide bonds. The maximum atomic E-state index is 12.2. The van der Waals surface area contributed by atoms with Gasteiger partial charge in [-0.3, -0.25) is 0 Å². The lowest BCUT2D eigenvalue weighted by Crippen LogP contribution is -2.27. The van der Waals surface area contributed by atoms with E-state index in [-0.39, 0.29) is 5.69 Å². The van der Waals surface area contributed by atoms with Gasteiger partial charge >= 0.3 is 12.2 Å². The molecule has 0 aliphatic rings. The normalized spacial score (nSPS) is 11.2. The summed E-state index contributed by atoms with van der Waals surface area (Å²) >= 11 is 3.70. The van der Waals surface area contributed by atoms with Gasteiger partial charge in [-0.25, -0.2) is 9.10 Å². The fraction of sp³-hybridized carbons (Fsp3) is 0.125. The van der Waals surface area contributed by atoms with Gasteiger partial charge < -0.3 is 5.73 Å². The average molecular weight is 236 g/mol. The predicted molar refractivity (Wildman–Crippen MR) is 52.5 cm³/mol. The number of rotatable bonds is 1. The van der Waals surface area contributed by atoms with Crippen molar-refractivity contribution in [3.8, 4) is 0 Å². The molecule has 0 aliphatic carbocycles. The van der Waals surface area contributed by atoms with Crippen LogP contribution < -0.4 is 10.0 Å². The van der Waals surface area contributed by atoms with E-state index in [1.54, 1.807) is 0 Å². The molecule has 1 aromatic carbocycles. The molecule has 82 valence electrons. The summed E-state index contributed by atoms with van der Waals surface area (Å²) in [6.07, 6.45) is -4.40. The lowest BCUT2D eigenvalue weighted by molar-refractivity contribution is -0.137. The summed E-state index contributed by atoms with van der Waals surface area (Å²) in [7, 11) is 0. The van der Waals surface area contributed by atoms with Gasteiger partial charge in [0, 0.05) is 0 Å². The molecule has 0 atom stereocenters. The minimum atomic E-state index is -4.40. The minimum Gasteiger partial charge on any atom is -0.350 e. The molecule has 15 heavy (non-hydrogen) atoms. The zero-order chi connectivity index (χ0) is 11.6. The van der Waals surface area contributed by atoms with Crippen molar-refractivity contribution in [1.29, 1.82) is 0 Å². The summed E-state index contributed by atoms with van der Waals surface area (Å²) in [5, 5.41) is 0. The zero-order valence-corrected chi connectivity index (χ0v) is 8.22. The van der Waals surface area contributed by atoms with Gasteiger partial charge in [-0.1, -0.05) is 12.8 Å². The average Bonchev–Trinajstić information content (AvgIpc) is 2.15. The van der Waals surface area contributed by atoms with Crippen molar-refractivity contribution in [1.82, 2.24) is 0 Å². The Morgan fingerprint density at radius 3 is 2.07 bits per heavy atom. The van der Waals surface area contributed by atoms with Crippen LogP contribution in [0.15, 0.2) is 24.3 Å². The third-order valence-electron chi connectivity index (χ3n) is 1.65. The Kier molecular flexibility index (Phi) is 3.13. The van der Waals surface area contributed by atoms with Crippen LogP contribution in [-0.2, 0) is 6.18 Å². The molecular weight excluding hydrogens is 229 g/mol. The molecule has 7 heteroatoms. The van der Waals surface area contributed by atoms with Gasteiger partial charge in [-0.2, -0.15) is 13.2 Å². The van der Waals surface area contributed by atoms with Gasteiger partial charge in [0.05, 0.1) is 11.3 Å². The first-order valence-electron chi connectivity index (χ1n) is 3.78. The van der Waals surface area contributed by atoms with Crippen molar-refractivity contribution in [3.05, 3.63) is 29.8 Å².